The lowest BCUT2D eigenvalue weighted by Gasteiger charge is -2.42. The predicted octanol–water partition coefficient (Wildman–Crippen LogP) is 10.9. The summed E-state index contributed by atoms with van der Waals surface area (Å²) in [4.78, 5) is 25.9. The molecular formula is C63H108O15. The van der Waals surface area contributed by atoms with E-state index in [1.54, 1.807) is 0 Å². The fourth-order valence-electron chi connectivity index (χ4n) is 9.30. The Morgan fingerprint density at radius 1 is 0.423 bits per heavy atom. The van der Waals surface area contributed by atoms with Crippen LogP contribution in [0.2, 0.25) is 0 Å². The first kappa shape index (κ1) is 71.0. The summed E-state index contributed by atoms with van der Waals surface area (Å²) in [6.45, 7) is 2.43. The van der Waals surface area contributed by atoms with Gasteiger partial charge in [0.15, 0.2) is 18.7 Å². The molecule has 15 heteroatoms. The summed E-state index contributed by atoms with van der Waals surface area (Å²) in [5.41, 5.74) is 0. The first-order chi connectivity index (χ1) is 38.0. The molecule has 2 aliphatic rings. The summed E-state index contributed by atoms with van der Waals surface area (Å²) in [6.07, 6.45) is 43.7. The van der Waals surface area contributed by atoms with Crippen LogP contribution in [0.1, 0.15) is 219 Å². The Kier molecular flexibility index (Phi) is 44.3. The normalized spacial score (nSPS) is 24.5. The second-order valence-corrected chi connectivity index (χ2v) is 21.2. The Balaban J connectivity index is 1.75. The minimum atomic E-state index is -1.78. The van der Waals surface area contributed by atoms with Crippen molar-refractivity contribution in [3.63, 3.8) is 0 Å². The highest BCUT2D eigenvalue weighted by atomic mass is 16.7. The van der Waals surface area contributed by atoms with E-state index in [0.717, 1.165) is 51.4 Å². The third-order valence-electron chi connectivity index (χ3n) is 14.2. The fourth-order valence-corrected chi connectivity index (χ4v) is 9.30. The molecule has 4 unspecified atom stereocenters. The van der Waals surface area contributed by atoms with Gasteiger partial charge in [0.2, 0.25) is 0 Å². The molecule has 0 spiro atoms. The molecular weight excluding hydrogens is 997 g/mol. The Morgan fingerprint density at radius 2 is 0.808 bits per heavy atom. The SMILES string of the molecule is CC/C=C/C/C=C/C/C=C/C/C=C/C/C=C/C/C=C/CCC(=O)O[C@@H](COC(=O)CCCCCCCCCCCCCCCCCCCCCCCCC)CO[C@@H]1O[C@H](CO[C@@H]2O[C@H](CO)[C@H](O)C(O)C2O)[C@H](O)C(O)C1O. The van der Waals surface area contributed by atoms with Gasteiger partial charge in [-0.25, -0.2) is 0 Å². The lowest BCUT2D eigenvalue weighted by molar-refractivity contribution is -0.332. The average molecular weight is 1110 g/mol. The number of rotatable bonds is 48. The van der Waals surface area contributed by atoms with Crippen molar-refractivity contribution in [1.82, 2.24) is 0 Å². The topological polar surface area (TPSA) is 231 Å². The van der Waals surface area contributed by atoms with Gasteiger partial charge in [-0.1, -0.05) is 228 Å². The maximum Gasteiger partial charge on any atom is 0.306 e. The van der Waals surface area contributed by atoms with E-state index in [0.29, 0.717) is 19.3 Å². The van der Waals surface area contributed by atoms with Crippen LogP contribution < -0.4 is 0 Å². The van der Waals surface area contributed by atoms with Gasteiger partial charge < -0.3 is 64.2 Å². The molecule has 0 bridgehead atoms. The molecule has 0 amide bonds. The largest absolute Gasteiger partial charge is 0.462 e. The second kappa shape index (κ2) is 48.6. The number of aliphatic hydroxyl groups is 7. The Bertz CT molecular complexity index is 1630. The number of ether oxygens (including phenoxy) is 6. The molecule has 2 aliphatic heterocycles. The van der Waals surface area contributed by atoms with Crippen LogP contribution in [0.5, 0.6) is 0 Å². The molecule has 0 aromatic heterocycles. The molecule has 15 nitrogen and oxygen atoms in total. The second-order valence-electron chi connectivity index (χ2n) is 21.2. The average Bonchev–Trinajstić information content (AvgIpc) is 3.43. The summed E-state index contributed by atoms with van der Waals surface area (Å²) in [5.74, 6) is -1.02. The summed E-state index contributed by atoms with van der Waals surface area (Å²) >= 11 is 0. The molecule has 0 saturated carbocycles. The van der Waals surface area contributed by atoms with Crippen LogP contribution in [0.4, 0.5) is 0 Å². The predicted molar refractivity (Wildman–Crippen MR) is 307 cm³/mol. The van der Waals surface area contributed by atoms with Crippen molar-refractivity contribution < 1.29 is 73.8 Å². The minimum Gasteiger partial charge on any atom is -0.462 e. The molecule has 2 saturated heterocycles. The smallest absolute Gasteiger partial charge is 0.306 e. The molecule has 2 rings (SSSR count). The molecule has 11 atom stereocenters. The van der Waals surface area contributed by atoms with Gasteiger partial charge in [-0.15, -0.1) is 0 Å². The van der Waals surface area contributed by atoms with Crippen LogP contribution >= 0.6 is 0 Å². The van der Waals surface area contributed by atoms with Crippen LogP contribution in [-0.2, 0) is 38.0 Å². The molecule has 0 radical (unpaired) electrons. The molecule has 7 N–H and O–H groups in total. The van der Waals surface area contributed by atoms with Crippen molar-refractivity contribution in [2.45, 2.75) is 287 Å². The zero-order chi connectivity index (χ0) is 56.7. The fraction of sp³-hybridized carbons (Fsp3) is 0.778. The van der Waals surface area contributed by atoms with E-state index < -0.39 is 99.3 Å². The van der Waals surface area contributed by atoms with Crippen LogP contribution in [0, 0.1) is 0 Å². The third-order valence-corrected chi connectivity index (χ3v) is 14.2. The lowest BCUT2D eigenvalue weighted by Crippen LogP contribution is -2.61. The number of carbonyl (C=O) groups is 2. The van der Waals surface area contributed by atoms with Gasteiger partial charge in [-0.3, -0.25) is 9.59 Å². The number of allylic oxidation sites excluding steroid dienone is 12. The van der Waals surface area contributed by atoms with Gasteiger partial charge >= 0.3 is 11.9 Å². The molecule has 450 valence electrons. The van der Waals surface area contributed by atoms with Crippen LogP contribution in [0.15, 0.2) is 72.9 Å². The van der Waals surface area contributed by atoms with Crippen molar-refractivity contribution in [3.8, 4) is 0 Å². The highest BCUT2D eigenvalue weighted by Gasteiger charge is 2.47. The first-order valence-corrected chi connectivity index (χ1v) is 30.5. The highest BCUT2D eigenvalue weighted by Crippen LogP contribution is 2.27. The monoisotopic (exact) mass is 1100 g/mol. The number of aliphatic hydroxyl groups excluding tert-OH is 7. The Hall–Kier alpha value is -3.06. The maximum absolute atomic E-state index is 13.0. The number of unbranched alkanes of at least 4 members (excludes halogenated alkanes) is 22. The maximum atomic E-state index is 13.0. The van der Waals surface area contributed by atoms with Gasteiger partial charge in [0.25, 0.3) is 0 Å². The standard InChI is InChI=1S/C63H108O15/c1-3-5-7-9-11-13-15-17-19-21-23-24-25-26-28-29-31-33-35-37-39-41-43-45-54(65)73-48-51(76-55(66)46-44-42-40-38-36-34-32-30-27-22-20-18-16-14-12-10-8-6-4-2)49-74-62-61(72)59(70)57(68)53(78-62)50-75-63-60(71)58(69)56(67)52(47-64)77-63/h6,8,12,14,18,20,27,30,34,36,40,42,51-53,56-64,67-72H,3-5,7,9-11,13,15-17,19,21-26,28-29,31-33,35,37-39,41,43-50H2,1-2H3/b8-6+,14-12+,20-18+,30-27+,36-34+,42-40+/t51-,52+,53+,56-,57-,58?,59?,60?,61?,62+,63+/m0/s1. The summed E-state index contributed by atoms with van der Waals surface area (Å²) in [6, 6.07) is 0. The van der Waals surface area contributed by atoms with Gasteiger partial charge in [0.05, 0.1) is 19.8 Å². The molecule has 0 aromatic carbocycles. The molecule has 2 heterocycles. The van der Waals surface area contributed by atoms with E-state index in [4.69, 9.17) is 28.4 Å². The minimum absolute atomic E-state index is 0.0386. The van der Waals surface area contributed by atoms with Crippen molar-refractivity contribution in [1.29, 1.82) is 0 Å². The summed E-state index contributed by atoms with van der Waals surface area (Å²) in [5, 5.41) is 72.3. The molecule has 0 aliphatic carbocycles. The van der Waals surface area contributed by atoms with E-state index >= 15 is 0 Å². The number of hydrogen-bond donors (Lipinski definition) is 7. The van der Waals surface area contributed by atoms with Gasteiger partial charge in [-0.05, 0) is 51.4 Å². The molecule has 78 heavy (non-hydrogen) atoms. The van der Waals surface area contributed by atoms with Crippen LogP contribution in [0.3, 0.4) is 0 Å². The zero-order valence-electron chi connectivity index (χ0n) is 48.1. The highest BCUT2D eigenvalue weighted by molar-refractivity contribution is 5.70. The number of carbonyl (C=O) groups excluding carboxylic acids is 2. The molecule has 2 fully saturated rings. The quantitative estimate of drug-likeness (QED) is 0.0171. The van der Waals surface area contributed by atoms with Crippen molar-refractivity contribution in [3.05, 3.63) is 72.9 Å². The Labute approximate surface area is 470 Å². The van der Waals surface area contributed by atoms with E-state index in [-0.39, 0.29) is 19.4 Å². The van der Waals surface area contributed by atoms with E-state index in [1.165, 1.54) is 122 Å². The Morgan fingerprint density at radius 3 is 1.24 bits per heavy atom. The third kappa shape index (κ3) is 34.9. The van der Waals surface area contributed by atoms with Crippen molar-refractivity contribution in [2.75, 3.05) is 26.4 Å². The van der Waals surface area contributed by atoms with Gasteiger partial charge in [-0.2, -0.15) is 0 Å². The van der Waals surface area contributed by atoms with E-state index in [1.807, 2.05) is 12.2 Å². The van der Waals surface area contributed by atoms with E-state index in [2.05, 4.69) is 74.6 Å². The van der Waals surface area contributed by atoms with Gasteiger partial charge in [0, 0.05) is 12.8 Å². The zero-order valence-corrected chi connectivity index (χ0v) is 48.1. The number of hydrogen-bond acceptors (Lipinski definition) is 15. The van der Waals surface area contributed by atoms with Crippen LogP contribution in [0.25, 0.3) is 0 Å². The number of esters is 2. The van der Waals surface area contributed by atoms with Crippen LogP contribution in [-0.4, -0.2) is 142 Å². The summed E-state index contributed by atoms with van der Waals surface area (Å²) < 4.78 is 33.6. The van der Waals surface area contributed by atoms with E-state index in [9.17, 15) is 45.3 Å². The molecule has 0 aromatic rings. The van der Waals surface area contributed by atoms with Crippen molar-refractivity contribution in [2.24, 2.45) is 0 Å². The van der Waals surface area contributed by atoms with Crippen molar-refractivity contribution >= 4 is 11.9 Å². The lowest BCUT2D eigenvalue weighted by atomic mass is 9.98. The van der Waals surface area contributed by atoms with Gasteiger partial charge in [0.1, 0.15) is 55.4 Å². The first-order valence-electron chi connectivity index (χ1n) is 30.5. The summed E-state index contributed by atoms with van der Waals surface area (Å²) in [7, 11) is 0.